The fourth-order valence-electron chi connectivity index (χ4n) is 12.0. The monoisotopic (exact) mass is 1000 g/mol. The fourth-order valence-corrected chi connectivity index (χ4v) is 12.0. The summed E-state index contributed by atoms with van der Waals surface area (Å²) in [5, 5.41) is 47.4. The Hall–Kier alpha value is -6.57. The van der Waals surface area contributed by atoms with E-state index in [4.69, 9.17) is 23.9 Å². The van der Waals surface area contributed by atoms with E-state index in [1.165, 1.54) is 12.0 Å². The van der Waals surface area contributed by atoms with Gasteiger partial charge in [-0.05, 0) is 126 Å². The molecule has 6 N–H and O–H groups in total. The van der Waals surface area contributed by atoms with Crippen LogP contribution in [0.4, 0.5) is 5.82 Å². The number of aliphatic hydroxyl groups excluding tert-OH is 3. The number of aromatic hydroxyl groups is 1. The lowest BCUT2D eigenvalue weighted by atomic mass is 9.63. The van der Waals surface area contributed by atoms with Gasteiger partial charge in [0.25, 0.3) is 0 Å². The van der Waals surface area contributed by atoms with Crippen molar-refractivity contribution in [1.82, 2.24) is 10.3 Å². The van der Waals surface area contributed by atoms with Crippen molar-refractivity contribution in [3.63, 3.8) is 0 Å². The quantitative estimate of drug-likeness (QED) is 0.0785. The highest BCUT2D eigenvalue weighted by atomic mass is 16.5. The van der Waals surface area contributed by atoms with Gasteiger partial charge >= 0.3 is 5.78 Å². The minimum absolute atomic E-state index is 0.0378. The van der Waals surface area contributed by atoms with Crippen molar-refractivity contribution in [2.24, 2.45) is 5.92 Å². The first-order chi connectivity index (χ1) is 36.2. The maximum absolute atomic E-state index is 12.2. The Morgan fingerprint density at radius 3 is 2.51 bits per heavy atom. The topological polar surface area (TPSA) is 169 Å². The predicted molar refractivity (Wildman–Crippen MR) is 290 cm³/mol. The van der Waals surface area contributed by atoms with Gasteiger partial charge in [0.2, 0.25) is 5.75 Å². The molecular weight excluding hydrogens is 931 g/mol. The van der Waals surface area contributed by atoms with E-state index in [-0.39, 0.29) is 79.7 Å². The number of phenols is 1. The van der Waals surface area contributed by atoms with E-state index < -0.39 is 12.2 Å². The number of piperazine rings is 1. The molecule has 1 saturated heterocycles. The third-order valence-electron chi connectivity index (χ3n) is 15.9. The zero-order valence-corrected chi connectivity index (χ0v) is 42.8. The van der Waals surface area contributed by atoms with Gasteiger partial charge in [0.05, 0.1) is 33.0 Å². The zero-order chi connectivity index (χ0) is 51.2. The van der Waals surface area contributed by atoms with Crippen LogP contribution in [0, 0.1) is 5.92 Å². The fraction of sp³-hybridized carbons (Fsp3) is 0.403. The van der Waals surface area contributed by atoms with Gasteiger partial charge in [-0.25, -0.2) is 0 Å². The second kappa shape index (κ2) is 22.9. The molecule has 1 aliphatic carbocycles. The molecule has 4 unspecified atom stereocenters. The van der Waals surface area contributed by atoms with Crippen LogP contribution >= 0.6 is 0 Å². The molecule has 74 heavy (non-hydrogen) atoms. The van der Waals surface area contributed by atoms with Gasteiger partial charge in [-0.3, -0.25) is 4.79 Å². The van der Waals surface area contributed by atoms with E-state index in [0.29, 0.717) is 41.9 Å². The lowest BCUT2D eigenvalue weighted by Crippen LogP contribution is -2.61. The summed E-state index contributed by atoms with van der Waals surface area (Å²) in [6.07, 6.45) is 10.3. The van der Waals surface area contributed by atoms with Gasteiger partial charge in [0, 0.05) is 24.5 Å². The van der Waals surface area contributed by atoms with Crippen molar-refractivity contribution in [1.29, 1.82) is 0 Å². The first-order valence-corrected chi connectivity index (χ1v) is 26.7. The minimum Gasteiger partial charge on any atom is -0.508 e. The number of nitrogens with zero attached hydrogens (tertiary/aromatic N) is 2. The van der Waals surface area contributed by atoms with Gasteiger partial charge in [0.1, 0.15) is 24.0 Å². The highest BCUT2D eigenvalue weighted by Gasteiger charge is 2.44. The molecule has 12 heteroatoms. The molecule has 12 nitrogen and oxygen atoms in total. The molecule has 1 spiro atoms. The smallest absolute Gasteiger partial charge is 0.335 e. The first kappa shape index (κ1) is 50.9. The summed E-state index contributed by atoms with van der Waals surface area (Å²) in [4.78, 5) is 20.3. The average Bonchev–Trinajstić information content (AvgIpc) is 3.89. The molecule has 4 bridgehead atoms. The van der Waals surface area contributed by atoms with Gasteiger partial charge in [-0.1, -0.05) is 141 Å². The second-order valence-electron chi connectivity index (χ2n) is 20.6. The van der Waals surface area contributed by atoms with Crippen LogP contribution in [-0.2, 0) is 37.7 Å². The van der Waals surface area contributed by atoms with Gasteiger partial charge in [-0.2, -0.15) is 0 Å². The minimum atomic E-state index is -0.826. The number of methoxy groups -OCH3 is 1. The Bertz CT molecular complexity index is 2930. The summed E-state index contributed by atoms with van der Waals surface area (Å²) in [6, 6.07) is 34.3. The molecule has 0 radical (unpaired) electrons. The van der Waals surface area contributed by atoms with Gasteiger partial charge in [-0.15, -0.1) is 0 Å². The van der Waals surface area contributed by atoms with Crippen molar-refractivity contribution in [3.8, 4) is 39.9 Å². The number of rotatable bonds is 11. The average molecular weight is 1000 g/mol. The number of fused-ring (bicyclic) bond motifs is 7. The van der Waals surface area contributed by atoms with Crippen molar-refractivity contribution < 1.29 is 44.2 Å². The lowest BCUT2D eigenvalue weighted by molar-refractivity contribution is 0.152. The van der Waals surface area contributed by atoms with Crippen molar-refractivity contribution in [3.05, 3.63) is 159 Å². The van der Waals surface area contributed by atoms with Crippen LogP contribution in [-0.4, -0.2) is 89.7 Å². The molecule has 388 valence electrons. The SMILES string of the molecule is CCc1cc2c([n-]1)N1CCNCC1C1(CCCCC1)c1ccc(c(CO)c1)CC(CO)COc1c(c3c(c(OCCC(O)C=Cc4ccccc4)c1OC)C(=[OH+])CC(c1ccc(O)cc1)O3)CCc1cccc-2c1. The van der Waals surface area contributed by atoms with Gasteiger partial charge < -0.3 is 54.6 Å². The Morgan fingerprint density at radius 1 is 0.919 bits per heavy atom. The number of nitrogens with one attached hydrogen (secondary N) is 1. The molecule has 4 atom stereocenters. The van der Waals surface area contributed by atoms with E-state index >= 15 is 0 Å². The molecule has 0 amide bonds. The van der Waals surface area contributed by atoms with Crippen LogP contribution in [0.3, 0.4) is 0 Å². The lowest BCUT2D eigenvalue weighted by Gasteiger charge is -2.56. The number of aliphatic hydroxyl groups is 3. The number of ketones is 1. The number of aromatic nitrogens is 1. The highest BCUT2D eigenvalue weighted by molar-refractivity contribution is 6.05. The third kappa shape index (κ3) is 10.6. The van der Waals surface area contributed by atoms with E-state index in [0.717, 1.165) is 102 Å². The Balaban J connectivity index is 1.11. The molecule has 5 heterocycles. The van der Waals surface area contributed by atoms with E-state index in [2.05, 4.69) is 65.7 Å². The third-order valence-corrected chi connectivity index (χ3v) is 15.9. The maximum atomic E-state index is 12.2. The van der Waals surface area contributed by atoms with Crippen molar-refractivity contribution >= 4 is 17.7 Å². The second-order valence-corrected chi connectivity index (χ2v) is 20.6. The highest BCUT2D eigenvalue weighted by Crippen LogP contribution is 2.54. The molecule has 11 rings (SSSR count). The number of phenolic OH excluding ortho intramolecular Hbond substituents is 1. The number of hydrogen-bond donors (Lipinski definition) is 5. The summed E-state index contributed by atoms with van der Waals surface area (Å²) < 4.78 is 26.9. The van der Waals surface area contributed by atoms with E-state index in [1.807, 2.05) is 36.4 Å². The molecule has 1 aromatic heterocycles. The van der Waals surface area contributed by atoms with Crippen LogP contribution < -0.4 is 34.1 Å². The Kier molecular flexibility index (Phi) is 15.8. The molecule has 1 saturated carbocycles. The molecule has 5 aliphatic rings. The Morgan fingerprint density at radius 2 is 1.74 bits per heavy atom. The zero-order valence-electron chi connectivity index (χ0n) is 42.8. The summed E-state index contributed by atoms with van der Waals surface area (Å²) in [5.74, 6) is 2.02. The van der Waals surface area contributed by atoms with Crippen LogP contribution in [0.1, 0.15) is 108 Å². The van der Waals surface area contributed by atoms with Gasteiger partial charge in [0.15, 0.2) is 17.1 Å². The van der Waals surface area contributed by atoms with E-state index in [9.17, 15) is 25.2 Å². The standard InChI is InChI=1S/C62H70N3O9/c1-3-48-34-52-45-14-10-13-41(31-45)16-24-51-57-56(53(70)35-54(74-57)43-18-22-49(68)23-19-43)59(72-30-25-50(69)21-15-40-11-6-4-7-12-40)60(71-2)58(51)73-39-42(37-66)32-44-17-20-47(33-46(44)38-67)62(26-8-5-9-27-62)55-36-63-28-29-65(55)61(52)64-48/h4,6-7,10-15,17-23,31,33-34,42,50,54-55,63,66-69H,3,5,8-9,16,24-30,32,35-39H2,1-2H3/q-1/p+1. The number of benzene rings is 5. The predicted octanol–water partition coefficient (Wildman–Crippen LogP) is 9.35. The molecule has 6 aromatic rings. The number of anilines is 1. The first-order valence-electron chi connectivity index (χ1n) is 26.7. The molecule has 5 aromatic carbocycles. The summed E-state index contributed by atoms with van der Waals surface area (Å²) in [5.41, 5.74) is 9.93. The van der Waals surface area contributed by atoms with Crippen LogP contribution in [0.25, 0.3) is 17.2 Å². The van der Waals surface area contributed by atoms with Crippen LogP contribution in [0.2, 0.25) is 0 Å². The molecular formula is C62H71N3O9. The van der Waals surface area contributed by atoms with Crippen molar-refractivity contribution in [2.75, 3.05) is 51.5 Å². The van der Waals surface area contributed by atoms with E-state index in [1.54, 1.807) is 37.5 Å². The normalized spacial score (nSPS) is 20.1. The number of ether oxygens (including phenoxy) is 4. The number of aryl methyl sites for hydroxylation is 2. The number of carbonyl (C=O) groups excluding carboxylic acids is 1. The summed E-state index contributed by atoms with van der Waals surface area (Å²) in [7, 11) is 1.55. The Labute approximate surface area is 435 Å². The van der Waals surface area contributed by atoms with Crippen molar-refractivity contribution in [2.45, 2.75) is 108 Å². The number of hydrogen-bond acceptors (Lipinski definition) is 10. The largest absolute Gasteiger partial charge is 0.508 e. The summed E-state index contributed by atoms with van der Waals surface area (Å²) >= 11 is 0. The molecule has 2 fully saturated rings. The maximum Gasteiger partial charge on any atom is 0.335 e. The van der Waals surface area contributed by atoms with Crippen LogP contribution in [0.5, 0.6) is 28.7 Å². The summed E-state index contributed by atoms with van der Waals surface area (Å²) in [6.45, 7) is 4.48. The van der Waals surface area contributed by atoms with Crippen LogP contribution in [0.15, 0.2) is 109 Å². The molecule has 4 aliphatic heterocycles.